The van der Waals surface area contributed by atoms with Gasteiger partial charge >= 0.3 is 0 Å². The first-order chi connectivity index (χ1) is 8.08. The zero-order valence-electron chi connectivity index (χ0n) is 11.5. The van der Waals surface area contributed by atoms with E-state index < -0.39 is 0 Å². The van der Waals surface area contributed by atoms with Crippen molar-refractivity contribution in [2.24, 2.45) is 11.7 Å². The third-order valence-electron chi connectivity index (χ3n) is 3.16. The van der Waals surface area contributed by atoms with E-state index in [9.17, 15) is 0 Å². The van der Waals surface area contributed by atoms with E-state index in [1.54, 1.807) is 0 Å². The summed E-state index contributed by atoms with van der Waals surface area (Å²) in [5.74, 6) is 1.66. The van der Waals surface area contributed by atoms with E-state index in [4.69, 9.17) is 10.5 Å². The third kappa shape index (κ3) is 4.04. The number of ether oxygens (including phenoxy) is 1. The number of rotatable bonds is 6. The lowest BCUT2D eigenvalue weighted by atomic mass is 9.93. The Morgan fingerprint density at radius 3 is 2.53 bits per heavy atom. The second-order valence-electron chi connectivity index (χ2n) is 4.86. The van der Waals surface area contributed by atoms with E-state index in [0.717, 1.165) is 31.7 Å². The van der Waals surface area contributed by atoms with Crippen molar-refractivity contribution in [1.82, 2.24) is 0 Å². The van der Waals surface area contributed by atoms with E-state index in [2.05, 4.69) is 32.9 Å². The second-order valence-corrected chi connectivity index (χ2v) is 4.86. The first kappa shape index (κ1) is 14.0. The molecule has 0 saturated carbocycles. The summed E-state index contributed by atoms with van der Waals surface area (Å²) in [6.07, 6.45) is 2.20. The van der Waals surface area contributed by atoms with Gasteiger partial charge in [-0.15, -0.1) is 0 Å². The molecule has 0 fully saturated rings. The maximum atomic E-state index is 5.60. The Labute approximate surface area is 105 Å². The molecule has 2 N–H and O–H groups in total. The zero-order valence-corrected chi connectivity index (χ0v) is 11.5. The molecule has 1 aromatic rings. The molecule has 0 heterocycles. The monoisotopic (exact) mass is 235 g/mol. The van der Waals surface area contributed by atoms with Crippen LogP contribution in [0.4, 0.5) is 0 Å². The third-order valence-corrected chi connectivity index (χ3v) is 3.16. The van der Waals surface area contributed by atoms with Gasteiger partial charge in [-0.05, 0) is 68.8 Å². The highest BCUT2D eigenvalue weighted by Gasteiger charge is 2.08. The molecule has 0 amide bonds. The number of nitrogens with two attached hydrogens (primary N) is 1. The van der Waals surface area contributed by atoms with Gasteiger partial charge < -0.3 is 10.5 Å². The fourth-order valence-electron chi connectivity index (χ4n) is 2.14. The zero-order chi connectivity index (χ0) is 12.8. The standard InChI is InChI=1S/C15H25NO/c1-5-17-15-10-12(3)14(9-13(15)4)8-11(2)6-7-16/h9-11H,5-8,16H2,1-4H3. The number of hydrogen-bond donors (Lipinski definition) is 1. The second kappa shape index (κ2) is 6.65. The van der Waals surface area contributed by atoms with Crippen LogP contribution in [0.25, 0.3) is 0 Å². The number of benzene rings is 1. The molecule has 1 rings (SSSR count). The molecule has 0 radical (unpaired) electrons. The van der Waals surface area contributed by atoms with Gasteiger partial charge in [0.05, 0.1) is 6.61 Å². The Balaban J connectivity index is 2.83. The van der Waals surface area contributed by atoms with Crippen LogP contribution in [-0.4, -0.2) is 13.2 Å². The molecule has 96 valence electrons. The first-order valence-corrected chi connectivity index (χ1v) is 6.51. The molecule has 0 aliphatic heterocycles. The van der Waals surface area contributed by atoms with Crippen LogP contribution in [-0.2, 0) is 6.42 Å². The van der Waals surface area contributed by atoms with Crippen LogP contribution in [0.2, 0.25) is 0 Å². The average molecular weight is 235 g/mol. The molecule has 2 nitrogen and oxygen atoms in total. The minimum absolute atomic E-state index is 0.649. The van der Waals surface area contributed by atoms with Gasteiger partial charge in [0.2, 0.25) is 0 Å². The van der Waals surface area contributed by atoms with Crippen LogP contribution in [0.5, 0.6) is 5.75 Å². The molecule has 1 aromatic carbocycles. The van der Waals surface area contributed by atoms with Gasteiger partial charge in [-0.2, -0.15) is 0 Å². The van der Waals surface area contributed by atoms with E-state index in [-0.39, 0.29) is 0 Å². The first-order valence-electron chi connectivity index (χ1n) is 6.51. The molecule has 17 heavy (non-hydrogen) atoms. The number of hydrogen-bond acceptors (Lipinski definition) is 2. The summed E-state index contributed by atoms with van der Waals surface area (Å²) in [5, 5.41) is 0. The summed E-state index contributed by atoms with van der Waals surface area (Å²) >= 11 is 0. The SMILES string of the molecule is CCOc1cc(C)c(CC(C)CCN)cc1C. The Morgan fingerprint density at radius 1 is 1.24 bits per heavy atom. The fraction of sp³-hybridized carbons (Fsp3) is 0.600. The molecule has 0 aromatic heterocycles. The van der Waals surface area contributed by atoms with Crippen molar-refractivity contribution in [3.63, 3.8) is 0 Å². The van der Waals surface area contributed by atoms with E-state index >= 15 is 0 Å². The van der Waals surface area contributed by atoms with Crippen molar-refractivity contribution in [3.8, 4) is 5.75 Å². The van der Waals surface area contributed by atoms with Crippen LogP contribution in [0.15, 0.2) is 12.1 Å². The molecule has 0 saturated heterocycles. The van der Waals surface area contributed by atoms with Crippen molar-refractivity contribution in [2.75, 3.05) is 13.2 Å². The lowest BCUT2D eigenvalue weighted by Crippen LogP contribution is -2.09. The van der Waals surface area contributed by atoms with Crippen molar-refractivity contribution in [1.29, 1.82) is 0 Å². The smallest absolute Gasteiger partial charge is 0.122 e. The Bertz CT molecular complexity index is 360. The summed E-state index contributed by atoms with van der Waals surface area (Å²) < 4.78 is 5.60. The van der Waals surface area contributed by atoms with Crippen molar-refractivity contribution < 1.29 is 4.74 Å². The highest BCUT2D eigenvalue weighted by Crippen LogP contribution is 2.25. The highest BCUT2D eigenvalue weighted by molar-refractivity contribution is 5.41. The van der Waals surface area contributed by atoms with Crippen LogP contribution in [0, 0.1) is 19.8 Å². The van der Waals surface area contributed by atoms with Gasteiger partial charge in [0, 0.05) is 0 Å². The predicted molar refractivity (Wildman–Crippen MR) is 73.6 cm³/mol. The van der Waals surface area contributed by atoms with E-state index in [1.165, 1.54) is 16.7 Å². The van der Waals surface area contributed by atoms with Crippen molar-refractivity contribution in [3.05, 3.63) is 28.8 Å². The molecule has 2 heteroatoms. The maximum Gasteiger partial charge on any atom is 0.122 e. The van der Waals surface area contributed by atoms with Gasteiger partial charge in [-0.1, -0.05) is 13.0 Å². The molecule has 0 bridgehead atoms. The summed E-state index contributed by atoms with van der Waals surface area (Å²) in [6.45, 7) is 10.1. The highest BCUT2D eigenvalue weighted by atomic mass is 16.5. The normalized spacial score (nSPS) is 12.5. The molecule has 0 aliphatic carbocycles. The largest absolute Gasteiger partial charge is 0.494 e. The quantitative estimate of drug-likeness (QED) is 0.821. The lowest BCUT2D eigenvalue weighted by Gasteiger charge is -2.15. The van der Waals surface area contributed by atoms with Crippen LogP contribution in [0.1, 0.15) is 37.0 Å². The van der Waals surface area contributed by atoms with Gasteiger partial charge in [-0.3, -0.25) is 0 Å². The Hall–Kier alpha value is -1.02. The molecule has 1 atom stereocenters. The summed E-state index contributed by atoms with van der Waals surface area (Å²) in [6, 6.07) is 4.41. The van der Waals surface area contributed by atoms with Crippen LogP contribution >= 0.6 is 0 Å². The topological polar surface area (TPSA) is 35.2 Å². The summed E-state index contributed by atoms with van der Waals surface area (Å²) in [4.78, 5) is 0. The van der Waals surface area contributed by atoms with Crippen molar-refractivity contribution in [2.45, 2.75) is 40.5 Å². The van der Waals surface area contributed by atoms with E-state index in [1.807, 2.05) is 6.92 Å². The lowest BCUT2D eigenvalue weighted by molar-refractivity contribution is 0.337. The van der Waals surface area contributed by atoms with Crippen LogP contribution < -0.4 is 10.5 Å². The molecular weight excluding hydrogens is 210 g/mol. The Kier molecular flexibility index (Phi) is 5.49. The number of aryl methyl sites for hydroxylation is 2. The predicted octanol–water partition coefficient (Wildman–Crippen LogP) is 3.23. The summed E-state index contributed by atoms with van der Waals surface area (Å²) in [5.41, 5.74) is 9.57. The average Bonchev–Trinajstić information content (AvgIpc) is 2.26. The van der Waals surface area contributed by atoms with E-state index in [0.29, 0.717) is 5.92 Å². The van der Waals surface area contributed by atoms with Crippen molar-refractivity contribution >= 4 is 0 Å². The van der Waals surface area contributed by atoms with Gasteiger partial charge in [0.25, 0.3) is 0 Å². The van der Waals surface area contributed by atoms with Gasteiger partial charge in [0.1, 0.15) is 5.75 Å². The fourth-order valence-corrected chi connectivity index (χ4v) is 2.14. The molecular formula is C15H25NO. The Morgan fingerprint density at radius 2 is 1.94 bits per heavy atom. The minimum atomic E-state index is 0.649. The maximum absolute atomic E-state index is 5.60. The summed E-state index contributed by atoms with van der Waals surface area (Å²) in [7, 11) is 0. The molecule has 0 aliphatic rings. The molecule has 1 unspecified atom stereocenters. The van der Waals surface area contributed by atoms with Gasteiger partial charge in [0.15, 0.2) is 0 Å². The van der Waals surface area contributed by atoms with Crippen LogP contribution in [0.3, 0.4) is 0 Å². The van der Waals surface area contributed by atoms with Gasteiger partial charge in [-0.25, -0.2) is 0 Å². The minimum Gasteiger partial charge on any atom is -0.494 e. The molecule has 0 spiro atoms.